The highest BCUT2D eigenvalue weighted by molar-refractivity contribution is 8.93. The summed E-state index contributed by atoms with van der Waals surface area (Å²) in [6.07, 6.45) is -2.87. The van der Waals surface area contributed by atoms with Gasteiger partial charge in [0.2, 0.25) is 5.60 Å². The van der Waals surface area contributed by atoms with E-state index in [4.69, 9.17) is 26.1 Å². The van der Waals surface area contributed by atoms with Crippen LogP contribution in [0, 0.1) is 29.1 Å². The van der Waals surface area contributed by atoms with E-state index in [0.29, 0.717) is 0 Å². The van der Waals surface area contributed by atoms with E-state index >= 15 is 0 Å². The van der Waals surface area contributed by atoms with Crippen molar-refractivity contribution in [2.45, 2.75) is 65.5 Å². The topological polar surface area (TPSA) is 168 Å². The zero-order valence-corrected chi connectivity index (χ0v) is 23.2. The number of esters is 3. The number of nitrogens with two attached hydrogens (primary N) is 1. The Morgan fingerprint density at radius 1 is 1.16 bits per heavy atom. The van der Waals surface area contributed by atoms with Crippen LogP contribution in [0.3, 0.4) is 0 Å². The number of anilines is 1. The first kappa shape index (κ1) is 28.3. The Bertz CT molecular complexity index is 1240. The average Bonchev–Trinajstić information content (AvgIpc) is 3.33. The quantitative estimate of drug-likeness (QED) is 0.358. The van der Waals surface area contributed by atoms with Crippen LogP contribution in [-0.4, -0.2) is 57.4 Å². The Morgan fingerprint density at radius 3 is 2.32 bits per heavy atom. The third kappa shape index (κ3) is 5.86. The Labute approximate surface area is 226 Å². The van der Waals surface area contributed by atoms with E-state index in [1.54, 1.807) is 41.5 Å². The molecule has 0 unspecified atom stereocenters. The maximum absolute atomic E-state index is 12.8. The summed E-state index contributed by atoms with van der Waals surface area (Å²) in [6, 6.07) is 3.24. The molecule has 1 aliphatic heterocycles. The van der Waals surface area contributed by atoms with E-state index in [1.165, 1.54) is 10.6 Å². The molecule has 13 heteroatoms. The summed E-state index contributed by atoms with van der Waals surface area (Å²) in [5.41, 5.74) is 3.95. The monoisotopic (exact) mass is 582 g/mol. The summed E-state index contributed by atoms with van der Waals surface area (Å²) in [4.78, 5) is 41.6. The zero-order valence-electron chi connectivity index (χ0n) is 22.5. The maximum Gasteiger partial charge on any atom is 0.308 e. The molecule has 0 spiro atoms. The first-order valence-electron chi connectivity index (χ1n) is 12.1. The van der Waals surface area contributed by atoms with Gasteiger partial charge in [0.1, 0.15) is 30.6 Å². The number of nitrogens with zero attached hydrogens (tertiary/aromatic N) is 4. The molecule has 0 bridgehead atoms. The summed E-state index contributed by atoms with van der Waals surface area (Å²) in [7, 11) is 0. The van der Waals surface area contributed by atoms with Gasteiger partial charge in [-0.2, -0.15) is 10.4 Å². The number of hydrogen-bond acceptors (Lipinski definition) is 11. The molecule has 3 rings (SSSR count). The van der Waals surface area contributed by atoms with Crippen molar-refractivity contribution in [2.24, 2.45) is 17.8 Å². The highest BCUT2D eigenvalue weighted by Crippen LogP contribution is 2.44. The number of halogens is 1. The molecule has 2 aromatic rings. The molecule has 1 aliphatic rings. The predicted octanol–water partition coefficient (Wildman–Crippen LogP) is 2.34. The van der Waals surface area contributed by atoms with Crippen molar-refractivity contribution in [3.05, 3.63) is 24.1 Å². The van der Waals surface area contributed by atoms with Gasteiger partial charge in [0, 0.05) is 0 Å². The van der Waals surface area contributed by atoms with Crippen molar-refractivity contribution in [3.63, 3.8) is 0 Å². The molecular formula is C24H32BrN5O7. The smallest absolute Gasteiger partial charge is 0.308 e. The van der Waals surface area contributed by atoms with Crippen LogP contribution in [0.5, 0.6) is 0 Å². The molecule has 4 atom stereocenters. The first-order valence-corrected chi connectivity index (χ1v) is 11.6. The van der Waals surface area contributed by atoms with Gasteiger partial charge in [-0.1, -0.05) is 41.5 Å². The van der Waals surface area contributed by atoms with Gasteiger partial charge < -0.3 is 24.7 Å². The maximum atomic E-state index is 12.8. The number of hydrogen-bond donors (Lipinski definition) is 1. The van der Waals surface area contributed by atoms with E-state index in [1.807, 2.05) is 6.07 Å². The molecule has 12 nitrogen and oxygen atoms in total. The van der Waals surface area contributed by atoms with Gasteiger partial charge in [-0.3, -0.25) is 14.4 Å². The van der Waals surface area contributed by atoms with Gasteiger partial charge in [-0.25, -0.2) is 9.50 Å². The second-order valence-electron chi connectivity index (χ2n) is 9.44. The molecule has 37 heavy (non-hydrogen) atoms. The fourth-order valence-electron chi connectivity index (χ4n) is 3.58. The molecule has 2 N–H and O–H groups in total. The lowest BCUT2D eigenvalue weighted by Gasteiger charge is -2.29. The number of carbonyl (C=O) groups excluding carboxylic acids is 3. The normalized spacial score (nSPS) is 23.5. The summed E-state index contributed by atoms with van der Waals surface area (Å²) in [5.74, 6) is -3.47. The standard InChI is InChI=1S/C24H31N5O7.BrH/c1-12(2)21(30)33-9-16-18(34-22(31)13(3)4)19(35-23(32)14(5)6)24(10-25,36-16)17-8-7-15-20(26)27-11-28-29(15)17;/h7-8,11-14,16,18-19H,9H2,1-6H3,(H2,26,27,28);1H/t16-,18-,19-,24+;/m1./s1/i7D;. The third-order valence-electron chi connectivity index (χ3n) is 5.64. The van der Waals surface area contributed by atoms with Crippen molar-refractivity contribution >= 4 is 46.2 Å². The average molecular weight is 583 g/mol. The molecule has 1 fully saturated rings. The molecule has 0 saturated carbocycles. The summed E-state index contributed by atoms with van der Waals surface area (Å²) in [5, 5.41) is 14.6. The highest BCUT2D eigenvalue weighted by atomic mass is 79.9. The second kappa shape index (κ2) is 11.9. The fraction of sp³-hybridized carbons (Fsp3) is 0.583. The van der Waals surface area contributed by atoms with Crippen LogP contribution in [0.1, 0.15) is 48.6 Å². The highest BCUT2D eigenvalue weighted by Gasteiger charge is 2.63. The van der Waals surface area contributed by atoms with E-state index in [0.717, 1.165) is 6.33 Å². The fourth-order valence-corrected chi connectivity index (χ4v) is 3.58. The second-order valence-corrected chi connectivity index (χ2v) is 9.44. The minimum Gasteiger partial charge on any atom is -0.463 e. The lowest BCUT2D eigenvalue weighted by atomic mass is 9.91. The van der Waals surface area contributed by atoms with Crippen LogP contribution in [0.15, 0.2) is 18.4 Å². The number of carbonyl (C=O) groups is 3. The number of ether oxygens (including phenoxy) is 4. The van der Waals surface area contributed by atoms with Crippen molar-refractivity contribution < 1.29 is 34.7 Å². The number of nitriles is 1. The Balaban J connectivity index is 0.00000507. The molecule has 0 aliphatic carbocycles. The molecule has 202 valence electrons. The van der Waals surface area contributed by atoms with Gasteiger partial charge in [0.25, 0.3) is 0 Å². The molecule has 1 saturated heterocycles. The van der Waals surface area contributed by atoms with Gasteiger partial charge in [0.05, 0.1) is 24.8 Å². The van der Waals surface area contributed by atoms with E-state index < -0.39 is 59.6 Å². The number of fused-ring (bicyclic) bond motifs is 1. The van der Waals surface area contributed by atoms with E-state index in [2.05, 4.69) is 10.1 Å². The molecule has 0 aromatic carbocycles. The van der Waals surface area contributed by atoms with Crippen molar-refractivity contribution in [2.75, 3.05) is 12.3 Å². The predicted molar refractivity (Wildman–Crippen MR) is 135 cm³/mol. The number of nitrogen functional groups attached to an aromatic ring is 1. The summed E-state index contributed by atoms with van der Waals surface area (Å²) in [6.45, 7) is 9.34. The van der Waals surface area contributed by atoms with Crippen molar-refractivity contribution in [1.82, 2.24) is 14.6 Å². The first-order chi connectivity index (χ1) is 17.3. The third-order valence-corrected chi connectivity index (χ3v) is 5.64. The Morgan fingerprint density at radius 2 is 1.76 bits per heavy atom. The van der Waals surface area contributed by atoms with Gasteiger partial charge in [-0.15, -0.1) is 17.0 Å². The zero-order chi connectivity index (χ0) is 27.7. The van der Waals surface area contributed by atoms with Gasteiger partial charge >= 0.3 is 17.9 Å². The molecule has 2 aromatic heterocycles. The van der Waals surface area contributed by atoms with Gasteiger partial charge in [-0.05, 0) is 12.1 Å². The van der Waals surface area contributed by atoms with E-state index in [-0.39, 0.29) is 46.7 Å². The van der Waals surface area contributed by atoms with Crippen molar-refractivity contribution in [3.8, 4) is 6.07 Å². The van der Waals surface area contributed by atoms with Crippen LogP contribution in [-0.2, 0) is 38.9 Å². The molecule has 3 heterocycles. The largest absolute Gasteiger partial charge is 0.463 e. The Hall–Kier alpha value is -3.24. The summed E-state index contributed by atoms with van der Waals surface area (Å²) >= 11 is 0. The molecule has 0 amide bonds. The summed E-state index contributed by atoms with van der Waals surface area (Å²) < 4.78 is 32.5. The lowest BCUT2D eigenvalue weighted by molar-refractivity contribution is -0.174. The number of rotatable bonds is 8. The van der Waals surface area contributed by atoms with Crippen LogP contribution >= 0.6 is 17.0 Å². The van der Waals surface area contributed by atoms with E-state index in [9.17, 15) is 19.6 Å². The minimum atomic E-state index is -2.11. The minimum absolute atomic E-state index is 0. The van der Waals surface area contributed by atoms with Crippen LogP contribution < -0.4 is 5.73 Å². The van der Waals surface area contributed by atoms with Gasteiger partial charge in [0.15, 0.2) is 18.0 Å². The van der Waals surface area contributed by atoms with Crippen LogP contribution in [0.2, 0.25) is 0 Å². The number of aromatic nitrogens is 3. The molecular weight excluding hydrogens is 550 g/mol. The SMILES string of the molecule is Br.[2H]c1cc([C@]2(C#N)O[C@H](COC(=O)C(C)C)[C@@H](OC(=O)C(C)C)[C@H]2OC(=O)C(C)C)n2ncnc(N)c12. The Kier molecular flexibility index (Phi) is 9.09. The lowest BCUT2D eigenvalue weighted by Crippen LogP contribution is -2.47. The molecule has 0 radical (unpaired) electrons. The van der Waals surface area contributed by atoms with Crippen LogP contribution in [0.4, 0.5) is 5.82 Å². The van der Waals surface area contributed by atoms with Crippen molar-refractivity contribution in [1.29, 1.82) is 5.26 Å². The van der Waals surface area contributed by atoms with Crippen LogP contribution in [0.25, 0.3) is 5.52 Å².